The topological polar surface area (TPSA) is 25.8 Å². The van der Waals surface area contributed by atoms with Crippen molar-refractivity contribution in [3.05, 3.63) is 83.8 Å². The van der Waals surface area contributed by atoms with Crippen LogP contribution < -0.4 is 0 Å². The molecule has 0 N–H and O–H groups in total. The van der Waals surface area contributed by atoms with Gasteiger partial charge < -0.3 is 0 Å². The number of pyridine rings is 2. The summed E-state index contributed by atoms with van der Waals surface area (Å²) in [6.07, 6.45) is 2.88. The molecule has 2 heteroatoms. The number of rotatable bonds is 4. The van der Waals surface area contributed by atoms with E-state index in [1.807, 2.05) is 6.20 Å². The first-order chi connectivity index (χ1) is 12.6. The van der Waals surface area contributed by atoms with Gasteiger partial charge in [-0.05, 0) is 41.5 Å². The Bertz CT molecular complexity index is 1060. The van der Waals surface area contributed by atoms with Crippen molar-refractivity contribution in [3.63, 3.8) is 0 Å². The molecule has 0 aliphatic carbocycles. The van der Waals surface area contributed by atoms with E-state index in [1.54, 1.807) is 0 Å². The predicted molar refractivity (Wildman–Crippen MR) is 110 cm³/mol. The summed E-state index contributed by atoms with van der Waals surface area (Å²) in [5.41, 5.74) is 4.73. The SMILES string of the molecule is CC(C)c1ccc2ccc(CC(C)c3nccc4ccccc34)cc2n1. The molecule has 0 aliphatic rings. The van der Waals surface area contributed by atoms with Gasteiger partial charge in [0.05, 0.1) is 11.2 Å². The molecule has 1 atom stereocenters. The van der Waals surface area contributed by atoms with Gasteiger partial charge in [-0.2, -0.15) is 0 Å². The van der Waals surface area contributed by atoms with Gasteiger partial charge in [0.2, 0.25) is 0 Å². The van der Waals surface area contributed by atoms with Crippen LogP contribution in [0.5, 0.6) is 0 Å². The molecule has 26 heavy (non-hydrogen) atoms. The van der Waals surface area contributed by atoms with Gasteiger partial charge >= 0.3 is 0 Å². The summed E-state index contributed by atoms with van der Waals surface area (Å²) in [6, 6.07) is 21.5. The van der Waals surface area contributed by atoms with E-state index < -0.39 is 0 Å². The van der Waals surface area contributed by atoms with E-state index in [1.165, 1.54) is 27.4 Å². The van der Waals surface area contributed by atoms with Crippen LogP contribution in [0, 0.1) is 0 Å². The Balaban J connectivity index is 1.67. The number of fused-ring (bicyclic) bond motifs is 2. The fraction of sp³-hybridized carbons (Fsp3) is 0.250. The Morgan fingerprint density at radius 2 is 1.65 bits per heavy atom. The Labute approximate surface area is 154 Å². The summed E-state index contributed by atoms with van der Waals surface area (Å²) in [5, 5.41) is 3.71. The van der Waals surface area contributed by atoms with E-state index >= 15 is 0 Å². The molecule has 1 unspecified atom stereocenters. The standard InChI is InChI=1S/C24H24N2/c1-16(2)22-11-10-20-9-8-18(15-23(20)26-22)14-17(3)24-21-7-5-4-6-19(21)12-13-25-24/h4-13,15-17H,14H2,1-3H3. The number of hydrogen-bond donors (Lipinski definition) is 0. The van der Waals surface area contributed by atoms with Crippen molar-refractivity contribution in [2.24, 2.45) is 0 Å². The van der Waals surface area contributed by atoms with Gasteiger partial charge in [-0.3, -0.25) is 9.97 Å². The van der Waals surface area contributed by atoms with Crippen LogP contribution in [-0.4, -0.2) is 9.97 Å². The summed E-state index contributed by atoms with van der Waals surface area (Å²) in [5.74, 6) is 0.800. The van der Waals surface area contributed by atoms with Crippen molar-refractivity contribution in [3.8, 4) is 0 Å². The van der Waals surface area contributed by atoms with Crippen molar-refractivity contribution < 1.29 is 0 Å². The molecule has 2 aromatic carbocycles. The lowest BCUT2D eigenvalue weighted by Crippen LogP contribution is -2.02. The molecule has 130 valence electrons. The fourth-order valence-corrected chi connectivity index (χ4v) is 3.61. The quantitative estimate of drug-likeness (QED) is 0.438. The summed E-state index contributed by atoms with van der Waals surface area (Å²) in [4.78, 5) is 9.54. The molecular weight excluding hydrogens is 316 g/mol. The Kier molecular flexibility index (Phi) is 4.42. The van der Waals surface area contributed by atoms with Crippen molar-refractivity contribution in [2.45, 2.75) is 39.0 Å². The zero-order valence-corrected chi connectivity index (χ0v) is 15.6. The maximum Gasteiger partial charge on any atom is 0.0708 e. The minimum Gasteiger partial charge on any atom is -0.260 e. The molecule has 0 spiro atoms. The van der Waals surface area contributed by atoms with Crippen molar-refractivity contribution >= 4 is 21.7 Å². The lowest BCUT2D eigenvalue weighted by molar-refractivity contribution is 0.739. The van der Waals surface area contributed by atoms with E-state index in [-0.39, 0.29) is 0 Å². The predicted octanol–water partition coefficient (Wildman–Crippen LogP) is 6.25. The Morgan fingerprint density at radius 1 is 0.846 bits per heavy atom. The average Bonchev–Trinajstić information content (AvgIpc) is 2.66. The molecule has 0 bridgehead atoms. The summed E-state index contributed by atoms with van der Waals surface area (Å²) in [6.45, 7) is 6.63. The van der Waals surface area contributed by atoms with Crippen molar-refractivity contribution in [2.75, 3.05) is 0 Å². The molecule has 2 heterocycles. The normalized spacial score (nSPS) is 12.8. The molecule has 0 fully saturated rings. The molecular formula is C24H24N2. The molecule has 4 rings (SSSR count). The lowest BCUT2D eigenvalue weighted by atomic mass is 9.93. The second kappa shape index (κ2) is 6.87. The van der Waals surface area contributed by atoms with Crippen LogP contribution in [0.2, 0.25) is 0 Å². The second-order valence-corrected chi connectivity index (χ2v) is 7.44. The van der Waals surface area contributed by atoms with Crippen LogP contribution in [0.15, 0.2) is 66.9 Å². The first-order valence-corrected chi connectivity index (χ1v) is 9.35. The first-order valence-electron chi connectivity index (χ1n) is 9.35. The van der Waals surface area contributed by atoms with E-state index in [9.17, 15) is 0 Å². The monoisotopic (exact) mass is 340 g/mol. The van der Waals surface area contributed by atoms with E-state index in [4.69, 9.17) is 4.98 Å². The molecule has 0 saturated heterocycles. The van der Waals surface area contributed by atoms with Crippen LogP contribution in [0.4, 0.5) is 0 Å². The Morgan fingerprint density at radius 3 is 2.50 bits per heavy atom. The highest BCUT2D eigenvalue weighted by atomic mass is 14.7. The van der Waals surface area contributed by atoms with Gasteiger partial charge in [-0.1, -0.05) is 63.2 Å². The van der Waals surface area contributed by atoms with Crippen LogP contribution in [0.1, 0.15) is 49.6 Å². The average molecular weight is 340 g/mol. The summed E-state index contributed by atoms with van der Waals surface area (Å²) >= 11 is 0. The summed E-state index contributed by atoms with van der Waals surface area (Å²) < 4.78 is 0. The number of hydrogen-bond acceptors (Lipinski definition) is 2. The maximum absolute atomic E-state index is 4.85. The molecule has 0 amide bonds. The van der Waals surface area contributed by atoms with Gasteiger partial charge in [-0.15, -0.1) is 0 Å². The Hall–Kier alpha value is -2.74. The minimum atomic E-state index is 0.354. The number of nitrogens with zero attached hydrogens (tertiary/aromatic N) is 2. The third-order valence-electron chi connectivity index (χ3n) is 5.08. The van der Waals surface area contributed by atoms with Crippen LogP contribution in [-0.2, 0) is 6.42 Å². The highest BCUT2D eigenvalue weighted by molar-refractivity contribution is 5.84. The van der Waals surface area contributed by atoms with Crippen LogP contribution >= 0.6 is 0 Å². The van der Waals surface area contributed by atoms with Gasteiger partial charge in [0, 0.05) is 28.6 Å². The zero-order valence-electron chi connectivity index (χ0n) is 15.6. The molecule has 2 aromatic heterocycles. The summed E-state index contributed by atoms with van der Waals surface area (Å²) in [7, 11) is 0. The molecule has 0 saturated carbocycles. The smallest absolute Gasteiger partial charge is 0.0708 e. The highest BCUT2D eigenvalue weighted by Crippen LogP contribution is 2.27. The second-order valence-electron chi connectivity index (χ2n) is 7.44. The third-order valence-corrected chi connectivity index (χ3v) is 5.08. The fourth-order valence-electron chi connectivity index (χ4n) is 3.61. The van der Waals surface area contributed by atoms with E-state index in [2.05, 4.69) is 86.4 Å². The molecule has 0 radical (unpaired) electrons. The largest absolute Gasteiger partial charge is 0.260 e. The van der Waals surface area contributed by atoms with Crippen LogP contribution in [0.25, 0.3) is 21.7 Å². The molecule has 4 aromatic rings. The molecule has 2 nitrogen and oxygen atoms in total. The van der Waals surface area contributed by atoms with Crippen molar-refractivity contribution in [1.82, 2.24) is 9.97 Å². The lowest BCUT2D eigenvalue weighted by Gasteiger charge is -2.14. The van der Waals surface area contributed by atoms with Crippen LogP contribution in [0.3, 0.4) is 0 Å². The van der Waals surface area contributed by atoms with E-state index in [0.29, 0.717) is 11.8 Å². The highest BCUT2D eigenvalue weighted by Gasteiger charge is 2.12. The first kappa shape index (κ1) is 16.7. The van der Waals surface area contributed by atoms with Crippen molar-refractivity contribution in [1.29, 1.82) is 0 Å². The van der Waals surface area contributed by atoms with Gasteiger partial charge in [0.1, 0.15) is 0 Å². The maximum atomic E-state index is 4.85. The zero-order chi connectivity index (χ0) is 18.1. The number of benzene rings is 2. The van der Waals surface area contributed by atoms with E-state index in [0.717, 1.165) is 17.6 Å². The molecule has 0 aliphatic heterocycles. The number of aromatic nitrogens is 2. The third kappa shape index (κ3) is 3.20. The van der Waals surface area contributed by atoms with Gasteiger partial charge in [0.15, 0.2) is 0 Å². The van der Waals surface area contributed by atoms with Gasteiger partial charge in [0.25, 0.3) is 0 Å². The minimum absolute atomic E-state index is 0.354. The van der Waals surface area contributed by atoms with Gasteiger partial charge in [-0.25, -0.2) is 0 Å².